The number of hydrogen-bond acceptors (Lipinski definition) is 5. The Bertz CT molecular complexity index is 623. The number of nitrogens with one attached hydrogen (secondary N) is 1. The molecule has 1 aromatic rings. The van der Waals surface area contributed by atoms with Gasteiger partial charge < -0.3 is 24.8 Å². The van der Waals surface area contributed by atoms with Gasteiger partial charge in [-0.25, -0.2) is 0 Å². The maximum absolute atomic E-state index is 10.5. The maximum Gasteiger partial charge on any atom is 0.194 e. The number of ether oxygens (including phenoxy) is 2. The molecular weight excluding hydrogens is 483 g/mol. The number of morpholine rings is 1. The molecule has 1 aromatic carbocycles. The predicted octanol–water partition coefficient (Wildman–Crippen LogP) is 1.97. The second-order valence-corrected chi connectivity index (χ2v) is 7.50. The minimum absolute atomic E-state index is 0. The van der Waals surface area contributed by atoms with E-state index in [0.29, 0.717) is 12.5 Å². The Labute approximate surface area is 191 Å². The Morgan fingerprint density at radius 2 is 2.00 bits per heavy atom. The third kappa shape index (κ3) is 7.27. The minimum atomic E-state index is -0.619. The van der Waals surface area contributed by atoms with Crippen LogP contribution in [0, 0.1) is 5.92 Å². The summed E-state index contributed by atoms with van der Waals surface area (Å²) in [6.45, 7) is 10.2. The van der Waals surface area contributed by atoms with Gasteiger partial charge in [0.2, 0.25) is 0 Å². The maximum atomic E-state index is 10.5. The van der Waals surface area contributed by atoms with Crippen LogP contribution in [0.25, 0.3) is 0 Å². The summed E-state index contributed by atoms with van der Waals surface area (Å²) in [6, 6.07) is 7.51. The first-order valence-corrected chi connectivity index (χ1v) is 10.3. The molecule has 2 aliphatic heterocycles. The van der Waals surface area contributed by atoms with Gasteiger partial charge in [-0.05, 0) is 37.0 Å². The summed E-state index contributed by atoms with van der Waals surface area (Å²) in [7, 11) is 1.64. The second kappa shape index (κ2) is 12.6. The van der Waals surface area contributed by atoms with Crippen LogP contribution in [0.3, 0.4) is 0 Å². The Morgan fingerprint density at radius 1 is 1.28 bits per heavy atom. The van der Waals surface area contributed by atoms with Gasteiger partial charge in [0.25, 0.3) is 0 Å². The highest BCUT2D eigenvalue weighted by Crippen LogP contribution is 2.20. The van der Waals surface area contributed by atoms with E-state index >= 15 is 0 Å². The predicted molar refractivity (Wildman–Crippen MR) is 126 cm³/mol. The zero-order valence-electron chi connectivity index (χ0n) is 17.5. The Hall–Kier alpha value is -1.10. The highest BCUT2D eigenvalue weighted by atomic mass is 127. The van der Waals surface area contributed by atoms with E-state index in [0.717, 1.165) is 69.8 Å². The standard InChI is InChI=1S/C21H34N4O3.HI/c1-3-22-21(23-14-20(26)18-4-6-19(27-2)7-5-18)25-9-8-17(16-25)15-24-10-12-28-13-11-24;/h4-7,17,20,26H,3,8-16H2,1-2H3,(H,22,23);1H. The number of aliphatic hydroxyl groups is 1. The number of aliphatic hydroxyl groups excluding tert-OH is 1. The zero-order chi connectivity index (χ0) is 19.8. The summed E-state index contributed by atoms with van der Waals surface area (Å²) >= 11 is 0. The molecule has 0 saturated carbocycles. The van der Waals surface area contributed by atoms with E-state index in [1.54, 1.807) is 7.11 Å². The van der Waals surface area contributed by atoms with Gasteiger partial charge in [-0.3, -0.25) is 9.89 Å². The zero-order valence-corrected chi connectivity index (χ0v) is 19.9. The molecule has 2 aliphatic rings. The molecule has 0 spiro atoms. The van der Waals surface area contributed by atoms with Crippen molar-refractivity contribution in [3.8, 4) is 5.75 Å². The summed E-state index contributed by atoms with van der Waals surface area (Å²) in [5.74, 6) is 2.35. The number of methoxy groups -OCH3 is 1. The highest BCUT2D eigenvalue weighted by molar-refractivity contribution is 14.0. The van der Waals surface area contributed by atoms with E-state index in [9.17, 15) is 5.11 Å². The Morgan fingerprint density at radius 3 is 2.66 bits per heavy atom. The molecule has 0 aromatic heterocycles. The average Bonchev–Trinajstić information content (AvgIpc) is 3.20. The topological polar surface area (TPSA) is 69.6 Å². The number of aliphatic imine (C=N–C) groups is 1. The van der Waals surface area contributed by atoms with Gasteiger partial charge in [0.1, 0.15) is 5.75 Å². The lowest BCUT2D eigenvalue weighted by atomic mass is 10.1. The monoisotopic (exact) mass is 518 g/mol. The first-order valence-electron chi connectivity index (χ1n) is 10.3. The van der Waals surface area contributed by atoms with Crippen molar-refractivity contribution in [1.82, 2.24) is 15.1 Å². The molecule has 2 saturated heterocycles. The molecule has 164 valence electrons. The van der Waals surface area contributed by atoms with E-state index in [1.807, 2.05) is 24.3 Å². The lowest BCUT2D eigenvalue weighted by Gasteiger charge is -2.29. The number of nitrogens with zero attached hydrogens (tertiary/aromatic N) is 3. The van der Waals surface area contributed by atoms with Crippen molar-refractivity contribution in [2.45, 2.75) is 19.4 Å². The van der Waals surface area contributed by atoms with Crippen molar-refractivity contribution in [3.05, 3.63) is 29.8 Å². The van der Waals surface area contributed by atoms with Crippen LogP contribution in [0.5, 0.6) is 5.75 Å². The fourth-order valence-electron chi connectivity index (χ4n) is 3.85. The number of benzene rings is 1. The first kappa shape index (κ1) is 24.2. The van der Waals surface area contributed by atoms with Crippen molar-refractivity contribution < 1.29 is 14.6 Å². The van der Waals surface area contributed by atoms with Crippen LogP contribution in [-0.2, 0) is 4.74 Å². The molecular formula is C21H35IN4O3. The van der Waals surface area contributed by atoms with Crippen LogP contribution in [0.2, 0.25) is 0 Å². The number of guanidine groups is 1. The van der Waals surface area contributed by atoms with Crippen LogP contribution >= 0.6 is 24.0 Å². The van der Waals surface area contributed by atoms with Crippen LogP contribution in [0.15, 0.2) is 29.3 Å². The van der Waals surface area contributed by atoms with E-state index < -0.39 is 6.10 Å². The number of halogens is 1. The molecule has 2 heterocycles. The Balaban J connectivity index is 0.00000300. The first-order chi connectivity index (χ1) is 13.7. The molecule has 2 unspecified atom stereocenters. The molecule has 0 bridgehead atoms. The normalized spacial score (nSPS) is 21.6. The second-order valence-electron chi connectivity index (χ2n) is 7.50. The quantitative estimate of drug-likeness (QED) is 0.327. The van der Waals surface area contributed by atoms with Crippen molar-refractivity contribution >= 4 is 29.9 Å². The molecule has 29 heavy (non-hydrogen) atoms. The summed E-state index contributed by atoms with van der Waals surface area (Å²) in [6.07, 6.45) is 0.564. The van der Waals surface area contributed by atoms with E-state index in [2.05, 4.69) is 22.0 Å². The number of hydrogen-bond donors (Lipinski definition) is 2. The molecule has 3 rings (SSSR count). The van der Waals surface area contributed by atoms with Crippen molar-refractivity contribution in [1.29, 1.82) is 0 Å². The molecule has 0 radical (unpaired) electrons. The molecule has 2 N–H and O–H groups in total. The van der Waals surface area contributed by atoms with E-state index in [4.69, 9.17) is 14.5 Å². The van der Waals surface area contributed by atoms with Gasteiger partial charge in [0.15, 0.2) is 5.96 Å². The van der Waals surface area contributed by atoms with Gasteiger partial charge in [-0.1, -0.05) is 12.1 Å². The largest absolute Gasteiger partial charge is 0.497 e. The lowest BCUT2D eigenvalue weighted by molar-refractivity contribution is 0.0315. The van der Waals surface area contributed by atoms with Crippen LogP contribution in [-0.4, -0.2) is 87.0 Å². The van der Waals surface area contributed by atoms with Crippen LogP contribution in [0.1, 0.15) is 25.0 Å². The van der Waals surface area contributed by atoms with Crippen LogP contribution in [0.4, 0.5) is 0 Å². The molecule has 0 aliphatic carbocycles. The SMILES string of the molecule is CCNC(=NCC(O)c1ccc(OC)cc1)N1CCC(CN2CCOCC2)C1.I. The van der Waals surface area contributed by atoms with Gasteiger partial charge in [0.05, 0.1) is 33.0 Å². The smallest absolute Gasteiger partial charge is 0.194 e. The van der Waals surface area contributed by atoms with Gasteiger partial charge in [-0.15, -0.1) is 24.0 Å². The minimum Gasteiger partial charge on any atom is -0.497 e. The van der Waals surface area contributed by atoms with Crippen molar-refractivity contribution in [2.24, 2.45) is 10.9 Å². The molecule has 2 atom stereocenters. The summed E-state index contributed by atoms with van der Waals surface area (Å²) in [4.78, 5) is 9.55. The molecule has 2 fully saturated rings. The fourth-order valence-corrected chi connectivity index (χ4v) is 3.85. The molecule has 8 heteroatoms. The van der Waals surface area contributed by atoms with Crippen molar-refractivity contribution in [2.75, 3.05) is 66.1 Å². The number of rotatable bonds is 7. The summed E-state index contributed by atoms with van der Waals surface area (Å²) in [5, 5.41) is 13.9. The molecule has 0 amide bonds. The fraction of sp³-hybridized carbons (Fsp3) is 0.667. The molecule has 7 nitrogen and oxygen atoms in total. The number of likely N-dealkylation sites (tertiary alicyclic amines) is 1. The van der Waals surface area contributed by atoms with Crippen molar-refractivity contribution in [3.63, 3.8) is 0 Å². The Kier molecular flexibility index (Phi) is 10.5. The van der Waals surface area contributed by atoms with E-state index in [-0.39, 0.29) is 24.0 Å². The van der Waals surface area contributed by atoms with Gasteiger partial charge >= 0.3 is 0 Å². The third-order valence-electron chi connectivity index (χ3n) is 5.45. The van der Waals surface area contributed by atoms with Gasteiger partial charge in [-0.2, -0.15) is 0 Å². The highest BCUT2D eigenvalue weighted by Gasteiger charge is 2.27. The van der Waals surface area contributed by atoms with Gasteiger partial charge in [0, 0.05) is 39.3 Å². The summed E-state index contributed by atoms with van der Waals surface area (Å²) < 4.78 is 10.6. The third-order valence-corrected chi connectivity index (χ3v) is 5.45. The average molecular weight is 518 g/mol. The lowest BCUT2D eigenvalue weighted by Crippen LogP contribution is -2.42. The van der Waals surface area contributed by atoms with E-state index in [1.165, 1.54) is 6.42 Å². The summed E-state index contributed by atoms with van der Waals surface area (Å²) in [5.41, 5.74) is 0.854. The van der Waals surface area contributed by atoms with Crippen LogP contribution < -0.4 is 10.1 Å².